The van der Waals surface area contributed by atoms with E-state index in [0.717, 1.165) is 0 Å². The molecule has 3 rings (SSSR count). The molecule has 0 aliphatic rings. The summed E-state index contributed by atoms with van der Waals surface area (Å²) in [6, 6.07) is 10.5. The molecule has 0 atom stereocenters. The zero-order valence-corrected chi connectivity index (χ0v) is 13.2. The summed E-state index contributed by atoms with van der Waals surface area (Å²) in [6.07, 6.45) is 1.59. The van der Waals surface area contributed by atoms with Gasteiger partial charge in [0, 0.05) is 6.20 Å². The fraction of sp³-hybridized carbons (Fsp3) is 0.133. The van der Waals surface area contributed by atoms with E-state index in [0.29, 0.717) is 11.3 Å². The van der Waals surface area contributed by atoms with Crippen molar-refractivity contribution in [2.75, 3.05) is 0 Å². The van der Waals surface area contributed by atoms with Gasteiger partial charge in [-0.15, -0.1) is 10.2 Å². The number of sulfonamides is 1. The predicted octanol–water partition coefficient (Wildman–Crippen LogP) is 1.89. The minimum Gasteiger partial charge on any atom is -0.418 e. The van der Waals surface area contributed by atoms with E-state index in [9.17, 15) is 12.8 Å². The summed E-state index contributed by atoms with van der Waals surface area (Å²) in [5, 5.41) is 7.61. The third-order valence-electron chi connectivity index (χ3n) is 3.06. The molecule has 7 nitrogen and oxygen atoms in total. The number of hydrogen-bond acceptors (Lipinski definition) is 6. The summed E-state index contributed by atoms with van der Waals surface area (Å²) < 4.78 is 44.6. The Bertz CT molecular complexity index is 911. The quantitative estimate of drug-likeness (QED) is 0.730. The van der Waals surface area contributed by atoms with Gasteiger partial charge in [0.25, 0.3) is 5.89 Å². The summed E-state index contributed by atoms with van der Waals surface area (Å²) in [6.45, 7) is -0.136. The van der Waals surface area contributed by atoms with Gasteiger partial charge in [0.15, 0.2) is 0 Å². The maximum absolute atomic E-state index is 12.8. The first-order valence-corrected chi connectivity index (χ1v) is 8.63. The molecule has 0 aliphatic heterocycles. The van der Waals surface area contributed by atoms with Crippen molar-refractivity contribution < 1.29 is 17.2 Å². The smallest absolute Gasteiger partial charge is 0.266 e. The summed E-state index contributed by atoms with van der Waals surface area (Å²) in [5.74, 6) is -0.354. The molecule has 0 fully saturated rings. The van der Waals surface area contributed by atoms with Gasteiger partial charge in [-0.2, -0.15) is 0 Å². The SMILES string of the molecule is O=S(=O)(Cc1ccc(F)cc1)NCc1nnc(-c2ccccn2)o1. The monoisotopic (exact) mass is 348 g/mol. The summed E-state index contributed by atoms with van der Waals surface area (Å²) in [7, 11) is -3.62. The number of aromatic nitrogens is 3. The van der Waals surface area contributed by atoms with Gasteiger partial charge in [0.1, 0.15) is 11.5 Å². The topological polar surface area (TPSA) is 98.0 Å². The third-order valence-corrected chi connectivity index (χ3v) is 4.36. The molecule has 0 saturated heterocycles. The van der Waals surface area contributed by atoms with Gasteiger partial charge in [-0.25, -0.2) is 17.5 Å². The molecule has 124 valence electrons. The molecule has 2 aromatic heterocycles. The lowest BCUT2D eigenvalue weighted by atomic mass is 10.2. The van der Waals surface area contributed by atoms with Gasteiger partial charge in [-0.3, -0.25) is 4.98 Å². The highest BCUT2D eigenvalue weighted by Gasteiger charge is 2.15. The molecule has 1 aromatic carbocycles. The van der Waals surface area contributed by atoms with E-state index in [1.807, 2.05) is 0 Å². The molecule has 0 bridgehead atoms. The first-order chi connectivity index (χ1) is 11.5. The van der Waals surface area contributed by atoms with E-state index in [-0.39, 0.29) is 24.1 Å². The van der Waals surface area contributed by atoms with Crippen molar-refractivity contribution in [1.82, 2.24) is 19.9 Å². The van der Waals surface area contributed by atoms with Crippen LogP contribution in [0.15, 0.2) is 53.1 Å². The lowest BCUT2D eigenvalue weighted by Gasteiger charge is -2.04. The van der Waals surface area contributed by atoms with Gasteiger partial charge < -0.3 is 4.42 Å². The fourth-order valence-corrected chi connectivity index (χ4v) is 3.02. The number of hydrogen-bond donors (Lipinski definition) is 1. The highest BCUT2D eigenvalue weighted by atomic mass is 32.2. The van der Waals surface area contributed by atoms with Crippen LogP contribution in [0.3, 0.4) is 0 Å². The van der Waals surface area contributed by atoms with Crippen LogP contribution in [0.4, 0.5) is 4.39 Å². The Kier molecular flexibility index (Phi) is 4.63. The van der Waals surface area contributed by atoms with Crippen LogP contribution in [-0.4, -0.2) is 23.6 Å². The van der Waals surface area contributed by atoms with Crippen molar-refractivity contribution in [3.63, 3.8) is 0 Å². The Labute approximate surface area is 137 Å². The molecule has 0 unspecified atom stereocenters. The van der Waals surface area contributed by atoms with Gasteiger partial charge in [-0.05, 0) is 29.8 Å². The van der Waals surface area contributed by atoms with E-state index < -0.39 is 15.8 Å². The maximum Gasteiger partial charge on any atom is 0.266 e. The third kappa shape index (κ3) is 4.21. The Morgan fingerprint density at radius 1 is 1.08 bits per heavy atom. The standard InChI is InChI=1S/C15H13FN4O3S/c16-12-6-4-11(5-7-12)10-24(21,22)18-9-14-19-20-15(23-14)13-3-1-2-8-17-13/h1-8,18H,9-10H2. The van der Waals surface area contributed by atoms with E-state index in [1.165, 1.54) is 24.3 Å². The molecule has 9 heteroatoms. The molecule has 0 amide bonds. The van der Waals surface area contributed by atoms with Crippen LogP contribution >= 0.6 is 0 Å². The molecule has 0 radical (unpaired) electrons. The Hall–Kier alpha value is -2.65. The fourth-order valence-electron chi connectivity index (χ4n) is 1.94. The molecular formula is C15H13FN4O3S. The highest BCUT2D eigenvalue weighted by Crippen LogP contribution is 2.14. The molecule has 3 aromatic rings. The Morgan fingerprint density at radius 3 is 2.58 bits per heavy atom. The number of halogens is 1. The molecule has 0 aliphatic carbocycles. The molecule has 24 heavy (non-hydrogen) atoms. The van der Waals surface area contributed by atoms with E-state index in [1.54, 1.807) is 24.4 Å². The maximum atomic E-state index is 12.8. The number of rotatable bonds is 6. The molecule has 0 saturated carbocycles. The zero-order valence-electron chi connectivity index (χ0n) is 12.4. The summed E-state index contributed by atoms with van der Waals surface area (Å²) in [4.78, 5) is 4.07. The first kappa shape index (κ1) is 16.2. The van der Waals surface area contributed by atoms with Crippen LogP contribution in [0.2, 0.25) is 0 Å². The number of nitrogens with one attached hydrogen (secondary N) is 1. The van der Waals surface area contributed by atoms with Gasteiger partial charge >= 0.3 is 0 Å². The van der Waals surface area contributed by atoms with Gasteiger partial charge in [0.2, 0.25) is 15.9 Å². The van der Waals surface area contributed by atoms with Crippen molar-refractivity contribution >= 4 is 10.0 Å². The van der Waals surface area contributed by atoms with Crippen LogP contribution in [0, 0.1) is 5.82 Å². The second-order valence-electron chi connectivity index (χ2n) is 4.92. The highest BCUT2D eigenvalue weighted by molar-refractivity contribution is 7.88. The first-order valence-electron chi connectivity index (χ1n) is 6.97. The molecule has 0 spiro atoms. The average Bonchev–Trinajstić information content (AvgIpc) is 3.05. The van der Waals surface area contributed by atoms with E-state index in [2.05, 4.69) is 19.9 Å². The largest absolute Gasteiger partial charge is 0.418 e. The Balaban J connectivity index is 1.63. The summed E-state index contributed by atoms with van der Waals surface area (Å²) in [5.41, 5.74) is 0.981. The second-order valence-corrected chi connectivity index (χ2v) is 6.73. The minimum atomic E-state index is -3.62. The normalized spacial score (nSPS) is 11.5. The second kappa shape index (κ2) is 6.85. The van der Waals surface area contributed by atoms with Crippen molar-refractivity contribution in [1.29, 1.82) is 0 Å². The zero-order chi connectivity index (χ0) is 17.0. The van der Waals surface area contributed by atoms with Crippen molar-refractivity contribution in [2.24, 2.45) is 0 Å². The van der Waals surface area contributed by atoms with Gasteiger partial charge in [-0.1, -0.05) is 18.2 Å². The molecule has 2 heterocycles. The van der Waals surface area contributed by atoms with Crippen molar-refractivity contribution in [2.45, 2.75) is 12.3 Å². The number of pyridine rings is 1. The van der Waals surface area contributed by atoms with E-state index in [4.69, 9.17) is 4.42 Å². The molecular weight excluding hydrogens is 335 g/mol. The number of nitrogens with zero attached hydrogens (tertiary/aromatic N) is 3. The lowest BCUT2D eigenvalue weighted by molar-refractivity contribution is 0.493. The minimum absolute atomic E-state index is 0.123. The molecule has 1 N–H and O–H groups in total. The predicted molar refractivity (Wildman–Crippen MR) is 83.4 cm³/mol. The number of benzene rings is 1. The van der Waals surface area contributed by atoms with Crippen molar-refractivity contribution in [3.8, 4) is 11.6 Å². The van der Waals surface area contributed by atoms with Crippen LogP contribution in [-0.2, 0) is 22.3 Å². The van der Waals surface area contributed by atoms with Crippen molar-refractivity contribution in [3.05, 3.63) is 65.9 Å². The Morgan fingerprint density at radius 2 is 1.88 bits per heavy atom. The average molecular weight is 348 g/mol. The van der Waals surface area contributed by atoms with Gasteiger partial charge in [0.05, 0.1) is 12.3 Å². The van der Waals surface area contributed by atoms with Crippen LogP contribution in [0.5, 0.6) is 0 Å². The van der Waals surface area contributed by atoms with Crippen LogP contribution < -0.4 is 4.72 Å². The summed E-state index contributed by atoms with van der Waals surface area (Å²) >= 11 is 0. The lowest BCUT2D eigenvalue weighted by Crippen LogP contribution is -2.24. The van der Waals surface area contributed by atoms with E-state index >= 15 is 0 Å². The van der Waals surface area contributed by atoms with Crippen LogP contribution in [0.1, 0.15) is 11.5 Å². The van der Waals surface area contributed by atoms with Crippen LogP contribution in [0.25, 0.3) is 11.6 Å².